The Morgan fingerprint density at radius 2 is 1.88 bits per heavy atom. The quantitative estimate of drug-likeness (QED) is 0.799. The first-order valence-corrected chi connectivity index (χ1v) is 7.90. The largest absolute Gasteiger partial charge is 0.480 e. The summed E-state index contributed by atoms with van der Waals surface area (Å²) in [6, 6.07) is 9.72. The zero-order valence-electron chi connectivity index (χ0n) is 12.8. The maximum Gasteiger partial charge on any atom is 0.341 e. The highest BCUT2D eigenvalue weighted by Crippen LogP contribution is 2.28. The van der Waals surface area contributed by atoms with Crippen molar-refractivity contribution in [2.24, 2.45) is 0 Å². The average Bonchev–Trinajstić information content (AvgIpc) is 2.55. The van der Waals surface area contributed by atoms with Crippen LogP contribution in [0.5, 0.6) is 5.75 Å². The zero-order chi connectivity index (χ0) is 17.7. The lowest BCUT2D eigenvalue weighted by Crippen LogP contribution is -2.15. The van der Waals surface area contributed by atoms with E-state index in [0.29, 0.717) is 16.3 Å². The molecule has 5 nitrogen and oxygen atoms in total. The molecule has 2 aromatic rings. The number of ether oxygens (including phenoxy) is 1. The van der Waals surface area contributed by atoms with Gasteiger partial charge in [-0.3, -0.25) is 4.79 Å². The maximum absolute atomic E-state index is 12.4. The number of aliphatic carboxylic acids is 1. The second-order valence-corrected chi connectivity index (χ2v) is 5.76. The van der Waals surface area contributed by atoms with E-state index in [1.54, 1.807) is 18.2 Å². The monoisotopic (exact) mass is 367 g/mol. The summed E-state index contributed by atoms with van der Waals surface area (Å²) in [5.74, 6) is -1.22. The number of carboxylic acids is 1. The van der Waals surface area contributed by atoms with Gasteiger partial charge in [0.05, 0.1) is 15.7 Å². The standard InChI is InChI=1S/C17H15Cl2NO4/c1-2-10-3-6-15(24-9-16(21)22)14(7-10)20-17(23)11-4-5-12(18)13(19)8-11/h3-8H,2,9H2,1H3,(H,20,23)(H,21,22). The molecule has 0 atom stereocenters. The summed E-state index contributed by atoms with van der Waals surface area (Å²) in [6.45, 7) is 1.47. The van der Waals surface area contributed by atoms with Crippen LogP contribution < -0.4 is 10.1 Å². The first-order chi connectivity index (χ1) is 11.4. The molecule has 0 heterocycles. The van der Waals surface area contributed by atoms with Crippen LogP contribution in [0.2, 0.25) is 10.0 Å². The minimum absolute atomic E-state index is 0.272. The second-order valence-electron chi connectivity index (χ2n) is 4.95. The fraction of sp³-hybridized carbons (Fsp3) is 0.176. The molecule has 0 unspecified atom stereocenters. The summed E-state index contributed by atoms with van der Waals surface area (Å²) in [6.07, 6.45) is 0.759. The highest BCUT2D eigenvalue weighted by Gasteiger charge is 2.13. The number of benzene rings is 2. The van der Waals surface area contributed by atoms with Gasteiger partial charge in [0.1, 0.15) is 5.75 Å². The SMILES string of the molecule is CCc1ccc(OCC(=O)O)c(NC(=O)c2ccc(Cl)c(Cl)c2)c1. The number of nitrogens with one attached hydrogen (secondary N) is 1. The van der Waals surface area contributed by atoms with Crippen LogP contribution >= 0.6 is 23.2 Å². The molecule has 0 radical (unpaired) electrons. The molecule has 24 heavy (non-hydrogen) atoms. The van der Waals surface area contributed by atoms with E-state index < -0.39 is 18.5 Å². The van der Waals surface area contributed by atoms with E-state index in [4.69, 9.17) is 33.0 Å². The van der Waals surface area contributed by atoms with Crippen LogP contribution in [0.1, 0.15) is 22.8 Å². The van der Waals surface area contributed by atoms with E-state index in [1.807, 2.05) is 13.0 Å². The van der Waals surface area contributed by atoms with Gasteiger partial charge in [0.15, 0.2) is 6.61 Å². The number of anilines is 1. The Bertz CT molecular complexity index is 777. The van der Waals surface area contributed by atoms with Crippen molar-refractivity contribution in [3.05, 3.63) is 57.6 Å². The topological polar surface area (TPSA) is 75.6 Å². The molecule has 0 spiro atoms. The minimum atomic E-state index is -1.10. The van der Waals surface area contributed by atoms with E-state index in [0.717, 1.165) is 12.0 Å². The Balaban J connectivity index is 2.26. The summed E-state index contributed by atoms with van der Waals surface area (Å²) < 4.78 is 5.22. The lowest BCUT2D eigenvalue weighted by molar-refractivity contribution is -0.139. The van der Waals surface area contributed by atoms with Crippen molar-refractivity contribution in [2.75, 3.05) is 11.9 Å². The van der Waals surface area contributed by atoms with Crippen LogP contribution in [0.15, 0.2) is 36.4 Å². The molecule has 0 aliphatic heterocycles. The number of hydrogen-bond acceptors (Lipinski definition) is 3. The van der Waals surface area contributed by atoms with Gasteiger partial charge in [0, 0.05) is 5.56 Å². The summed E-state index contributed by atoms with van der Waals surface area (Å²) in [7, 11) is 0. The van der Waals surface area contributed by atoms with Crippen molar-refractivity contribution < 1.29 is 19.4 Å². The molecule has 126 valence electrons. The zero-order valence-corrected chi connectivity index (χ0v) is 14.3. The molecule has 0 aliphatic rings. The number of carboxylic acid groups (broad SMARTS) is 1. The molecular weight excluding hydrogens is 353 g/mol. The fourth-order valence-corrected chi connectivity index (χ4v) is 2.29. The Hall–Kier alpha value is -2.24. The van der Waals surface area contributed by atoms with E-state index in [9.17, 15) is 9.59 Å². The smallest absolute Gasteiger partial charge is 0.341 e. The third kappa shape index (κ3) is 4.63. The normalized spacial score (nSPS) is 10.3. The van der Waals surface area contributed by atoms with Crippen molar-refractivity contribution in [1.82, 2.24) is 0 Å². The van der Waals surface area contributed by atoms with Crippen LogP contribution in [0.3, 0.4) is 0 Å². The van der Waals surface area contributed by atoms with Crippen LogP contribution in [-0.2, 0) is 11.2 Å². The molecule has 1 amide bonds. The maximum atomic E-state index is 12.4. The predicted octanol–water partition coefficient (Wildman–Crippen LogP) is 4.27. The molecule has 2 N–H and O–H groups in total. The highest BCUT2D eigenvalue weighted by atomic mass is 35.5. The van der Waals surface area contributed by atoms with Crippen LogP contribution in [0, 0.1) is 0 Å². The van der Waals surface area contributed by atoms with Gasteiger partial charge in [0.2, 0.25) is 0 Å². The number of carbonyl (C=O) groups is 2. The Morgan fingerprint density at radius 3 is 2.50 bits per heavy atom. The Labute approximate surface area is 149 Å². The van der Waals surface area contributed by atoms with E-state index in [-0.39, 0.29) is 10.8 Å². The number of aryl methyl sites for hydroxylation is 1. The molecule has 0 fully saturated rings. The van der Waals surface area contributed by atoms with E-state index >= 15 is 0 Å². The molecule has 0 saturated heterocycles. The molecule has 0 aliphatic carbocycles. The van der Waals surface area contributed by atoms with Crippen molar-refractivity contribution in [2.45, 2.75) is 13.3 Å². The van der Waals surface area contributed by atoms with Gasteiger partial charge in [-0.15, -0.1) is 0 Å². The van der Waals surface area contributed by atoms with Gasteiger partial charge >= 0.3 is 5.97 Å². The van der Waals surface area contributed by atoms with Crippen molar-refractivity contribution >= 4 is 40.8 Å². The van der Waals surface area contributed by atoms with Gasteiger partial charge in [0.25, 0.3) is 5.91 Å². The number of carbonyl (C=O) groups excluding carboxylic acids is 1. The molecule has 2 rings (SSSR count). The lowest BCUT2D eigenvalue weighted by Gasteiger charge is -2.13. The van der Waals surface area contributed by atoms with Crippen LogP contribution in [-0.4, -0.2) is 23.6 Å². The first-order valence-electron chi connectivity index (χ1n) is 7.14. The number of amides is 1. The summed E-state index contributed by atoms with van der Waals surface area (Å²) in [5, 5.41) is 12.1. The van der Waals surface area contributed by atoms with Crippen molar-refractivity contribution in [3.8, 4) is 5.75 Å². The fourth-order valence-electron chi connectivity index (χ4n) is 1.99. The molecular formula is C17H15Cl2NO4. The molecule has 7 heteroatoms. The number of rotatable bonds is 6. The molecule has 0 saturated carbocycles. The van der Waals surface area contributed by atoms with Crippen molar-refractivity contribution in [3.63, 3.8) is 0 Å². The van der Waals surface area contributed by atoms with Gasteiger partial charge in [-0.1, -0.05) is 36.2 Å². The second kappa shape index (κ2) is 8.04. The van der Waals surface area contributed by atoms with Gasteiger partial charge in [-0.05, 0) is 42.3 Å². The molecule has 0 bridgehead atoms. The lowest BCUT2D eigenvalue weighted by atomic mass is 10.1. The highest BCUT2D eigenvalue weighted by molar-refractivity contribution is 6.42. The number of hydrogen-bond donors (Lipinski definition) is 2. The van der Waals surface area contributed by atoms with Crippen LogP contribution in [0.4, 0.5) is 5.69 Å². The summed E-state index contributed by atoms with van der Waals surface area (Å²) in [5.41, 5.74) is 1.70. The van der Waals surface area contributed by atoms with Gasteiger partial charge < -0.3 is 15.2 Å². The molecule has 0 aromatic heterocycles. The van der Waals surface area contributed by atoms with Gasteiger partial charge in [-0.25, -0.2) is 4.79 Å². The van der Waals surface area contributed by atoms with Crippen molar-refractivity contribution in [1.29, 1.82) is 0 Å². The van der Waals surface area contributed by atoms with Gasteiger partial charge in [-0.2, -0.15) is 0 Å². The Morgan fingerprint density at radius 1 is 1.12 bits per heavy atom. The summed E-state index contributed by atoms with van der Waals surface area (Å²) in [4.78, 5) is 23.1. The third-order valence-electron chi connectivity index (χ3n) is 3.23. The minimum Gasteiger partial charge on any atom is -0.480 e. The van der Waals surface area contributed by atoms with E-state index in [2.05, 4.69) is 5.32 Å². The molecule has 2 aromatic carbocycles. The third-order valence-corrected chi connectivity index (χ3v) is 3.97. The van der Waals surface area contributed by atoms with E-state index in [1.165, 1.54) is 12.1 Å². The number of halogens is 2. The Kier molecular flexibility index (Phi) is 6.06. The van der Waals surface area contributed by atoms with Crippen LogP contribution in [0.25, 0.3) is 0 Å². The average molecular weight is 368 g/mol. The predicted molar refractivity (Wildman–Crippen MR) is 93.4 cm³/mol. The first kappa shape index (κ1) is 18.1. The summed E-state index contributed by atoms with van der Waals surface area (Å²) >= 11 is 11.8.